The number of carbonyl (C=O) groups is 2. The Balaban J connectivity index is 1.67. The fraction of sp³-hybridized carbons (Fsp3) is 0.241. The number of carbonyl (C=O) groups excluding carboxylic acids is 2. The summed E-state index contributed by atoms with van der Waals surface area (Å²) in [7, 11) is 0. The molecule has 0 saturated carbocycles. The number of nitrogens with zero attached hydrogens (tertiary/aromatic N) is 1. The van der Waals surface area contributed by atoms with Crippen LogP contribution in [0.25, 0.3) is 0 Å². The second-order valence-electron chi connectivity index (χ2n) is 9.07. The summed E-state index contributed by atoms with van der Waals surface area (Å²) in [6.07, 6.45) is 4.27. The van der Waals surface area contributed by atoms with Crippen LogP contribution in [0, 0.1) is 32.6 Å². The third kappa shape index (κ3) is 3.20. The first-order valence-corrected chi connectivity index (χ1v) is 11.2. The van der Waals surface area contributed by atoms with Crippen molar-refractivity contribution >= 4 is 17.5 Å². The third-order valence-electron chi connectivity index (χ3n) is 6.93. The first-order valence-electron chi connectivity index (χ1n) is 11.2. The molecule has 2 aliphatic rings. The van der Waals surface area contributed by atoms with Gasteiger partial charge in [-0.3, -0.25) is 9.59 Å². The molecule has 3 nitrogen and oxygen atoms in total. The van der Waals surface area contributed by atoms with Gasteiger partial charge >= 0.3 is 0 Å². The van der Waals surface area contributed by atoms with Crippen LogP contribution in [0.1, 0.15) is 39.7 Å². The van der Waals surface area contributed by atoms with Crippen LogP contribution >= 0.6 is 0 Å². The topological polar surface area (TPSA) is 37.4 Å². The van der Waals surface area contributed by atoms with Crippen molar-refractivity contribution in [3.05, 3.63) is 113 Å². The van der Waals surface area contributed by atoms with Gasteiger partial charge in [0.05, 0.1) is 17.5 Å². The van der Waals surface area contributed by atoms with Crippen LogP contribution in [0.15, 0.2) is 84.9 Å². The zero-order valence-corrected chi connectivity index (χ0v) is 18.7. The number of hydrogen-bond acceptors (Lipinski definition) is 2. The molecule has 3 heteroatoms. The number of allylic oxidation sites excluding steroid dienone is 2. The minimum absolute atomic E-state index is 0.0887. The standard InChI is InChI=1S/C29H27NO2/c1-18-16-19(2)27(20(3)17-18)30-28(31)25-23(21-10-6-4-7-11-21)14-15-24(26(25)29(30)32)22-12-8-5-9-13-22/h4-17,23-26H,1-3H3/t23-,24+,25+,26-. The molecule has 0 N–H and O–H groups in total. The summed E-state index contributed by atoms with van der Waals surface area (Å²) < 4.78 is 0. The second-order valence-corrected chi connectivity index (χ2v) is 9.07. The minimum atomic E-state index is -0.416. The molecule has 1 saturated heterocycles. The lowest BCUT2D eigenvalue weighted by atomic mass is 9.68. The molecule has 0 bridgehead atoms. The highest BCUT2D eigenvalue weighted by atomic mass is 16.2. The van der Waals surface area contributed by atoms with Crippen LogP contribution in [-0.2, 0) is 9.59 Å². The molecule has 0 radical (unpaired) electrons. The normalized spacial score (nSPS) is 24.7. The van der Waals surface area contributed by atoms with E-state index >= 15 is 0 Å². The molecule has 0 spiro atoms. The first-order chi connectivity index (χ1) is 15.5. The summed E-state index contributed by atoms with van der Waals surface area (Å²) >= 11 is 0. The molecular formula is C29H27NO2. The molecule has 5 rings (SSSR count). The Labute approximate surface area is 189 Å². The SMILES string of the molecule is Cc1cc(C)c(N2C(=O)[C@@H]3[C@H](C2=O)[C@H](c2ccccc2)C=C[C@@H]3c2ccccc2)c(C)c1. The van der Waals surface area contributed by atoms with E-state index in [1.165, 1.54) is 4.90 Å². The van der Waals surface area contributed by atoms with Gasteiger partial charge in [0, 0.05) is 11.8 Å². The Bertz CT molecular complexity index is 1120. The summed E-state index contributed by atoms with van der Waals surface area (Å²) in [5.41, 5.74) is 5.95. The maximum absolute atomic E-state index is 14.0. The molecule has 32 heavy (non-hydrogen) atoms. The number of anilines is 1. The number of hydrogen-bond donors (Lipinski definition) is 0. The van der Waals surface area contributed by atoms with E-state index in [1.54, 1.807) is 0 Å². The van der Waals surface area contributed by atoms with Gasteiger partial charge in [-0.15, -0.1) is 0 Å². The van der Waals surface area contributed by atoms with Crippen LogP contribution in [-0.4, -0.2) is 11.8 Å². The molecule has 0 unspecified atom stereocenters. The summed E-state index contributed by atoms with van der Waals surface area (Å²) in [5.74, 6) is -1.24. The van der Waals surface area contributed by atoms with Gasteiger partial charge in [-0.2, -0.15) is 0 Å². The third-order valence-corrected chi connectivity index (χ3v) is 6.93. The smallest absolute Gasteiger partial charge is 0.238 e. The molecule has 3 aromatic rings. The fourth-order valence-electron chi connectivity index (χ4n) is 5.68. The van der Waals surface area contributed by atoms with Crippen molar-refractivity contribution in [2.75, 3.05) is 4.90 Å². The molecule has 160 valence electrons. The lowest BCUT2D eigenvalue weighted by molar-refractivity contribution is -0.122. The number of fused-ring (bicyclic) bond motifs is 1. The van der Waals surface area contributed by atoms with Crippen LogP contribution < -0.4 is 4.90 Å². The zero-order chi connectivity index (χ0) is 22.4. The van der Waals surface area contributed by atoms with Gasteiger partial charge in [0.25, 0.3) is 0 Å². The Morgan fingerprint density at radius 3 is 1.44 bits per heavy atom. The van der Waals surface area contributed by atoms with E-state index in [-0.39, 0.29) is 23.7 Å². The molecule has 1 fully saturated rings. The lowest BCUT2D eigenvalue weighted by Gasteiger charge is -2.32. The summed E-state index contributed by atoms with van der Waals surface area (Å²) in [6, 6.07) is 24.2. The monoisotopic (exact) mass is 421 g/mol. The zero-order valence-electron chi connectivity index (χ0n) is 18.7. The Morgan fingerprint density at radius 2 is 1.03 bits per heavy atom. The van der Waals surface area contributed by atoms with E-state index in [1.807, 2.05) is 69.3 Å². The van der Waals surface area contributed by atoms with E-state index in [0.717, 1.165) is 33.5 Å². The number of aryl methyl sites for hydroxylation is 3. The van der Waals surface area contributed by atoms with Gasteiger partial charge in [-0.1, -0.05) is 90.5 Å². The number of rotatable bonds is 3. The Morgan fingerprint density at radius 1 is 0.625 bits per heavy atom. The second kappa shape index (κ2) is 7.90. The quantitative estimate of drug-likeness (QED) is 0.393. The molecule has 1 heterocycles. The van der Waals surface area contributed by atoms with E-state index in [4.69, 9.17) is 0 Å². The van der Waals surface area contributed by atoms with E-state index in [0.29, 0.717) is 0 Å². The maximum Gasteiger partial charge on any atom is 0.238 e. The van der Waals surface area contributed by atoms with Gasteiger partial charge in [0.15, 0.2) is 0 Å². The number of benzene rings is 3. The molecule has 3 aromatic carbocycles. The van der Waals surface area contributed by atoms with E-state index < -0.39 is 11.8 Å². The van der Waals surface area contributed by atoms with Gasteiger partial charge in [-0.25, -0.2) is 4.90 Å². The van der Waals surface area contributed by atoms with Crippen LogP contribution in [0.3, 0.4) is 0 Å². The molecule has 1 aliphatic heterocycles. The lowest BCUT2D eigenvalue weighted by Crippen LogP contribution is -2.33. The molecule has 4 atom stereocenters. The van der Waals surface area contributed by atoms with Gasteiger partial charge in [0.1, 0.15) is 0 Å². The highest BCUT2D eigenvalue weighted by Gasteiger charge is 2.55. The summed E-state index contributed by atoms with van der Waals surface area (Å²) in [4.78, 5) is 29.4. The fourth-order valence-corrected chi connectivity index (χ4v) is 5.68. The van der Waals surface area contributed by atoms with E-state index in [2.05, 4.69) is 36.4 Å². The van der Waals surface area contributed by atoms with Crippen molar-refractivity contribution < 1.29 is 9.59 Å². The van der Waals surface area contributed by atoms with Crippen molar-refractivity contribution in [1.29, 1.82) is 0 Å². The van der Waals surface area contributed by atoms with Crippen LogP contribution in [0.2, 0.25) is 0 Å². The first kappa shape index (κ1) is 20.4. The van der Waals surface area contributed by atoms with Crippen molar-refractivity contribution in [3.63, 3.8) is 0 Å². The number of amides is 2. The van der Waals surface area contributed by atoms with Crippen molar-refractivity contribution in [2.45, 2.75) is 32.6 Å². The van der Waals surface area contributed by atoms with Gasteiger partial charge in [-0.05, 0) is 43.0 Å². The largest absolute Gasteiger partial charge is 0.274 e. The summed E-state index contributed by atoms with van der Waals surface area (Å²) in [5, 5.41) is 0. The predicted molar refractivity (Wildman–Crippen MR) is 128 cm³/mol. The van der Waals surface area contributed by atoms with E-state index in [9.17, 15) is 9.59 Å². The maximum atomic E-state index is 14.0. The van der Waals surface area contributed by atoms with Gasteiger partial charge < -0.3 is 0 Å². The Hall–Kier alpha value is -3.46. The minimum Gasteiger partial charge on any atom is -0.274 e. The molecular weight excluding hydrogens is 394 g/mol. The summed E-state index contributed by atoms with van der Waals surface area (Å²) in [6.45, 7) is 6.01. The van der Waals surface area contributed by atoms with Crippen molar-refractivity contribution in [1.82, 2.24) is 0 Å². The van der Waals surface area contributed by atoms with Crippen molar-refractivity contribution in [3.8, 4) is 0 Å². The van der Waals surface area contributed by atoms with Crippen LogP contribution in [0.4, 0.5) is 5.69 Å². The molecule has 1 aliphatic carbocycles. The van der Waals surface area contributed by atoms with Crippen LogP contribution in [0.5, 0.6) is 0 Å². The Kier molecular flexibility index (Phi) is 5.05. The number of imide groups is 1. The highest BCUT2D eigenvalue weighted by Crippen LogP contribution is 2.50. The average molecular weight is 422 g/mol. The predicted octanol–water partition coefficient (Wildman–Crippen LogP) is 5.85. The highest BCUT2D eigenvalue weighted by molar-refractivity contribution is 6.23. The van der Waals surface area contributed by atoms with Gasteiger partial charge in [0.2, 0.25) is 11.8 Å². The molecule has 2 amide bonds. The van der Waals surface area contributed by atoms with Crippen molar-refractivity contribution in [2.24, 2.45) is 11.8 Å². The molecule has 0 aromatic heterocycles. The average Bonchev–Trinajstić information content (AvgIpc) is 3.05.